The Morgan fingerprint density at radius 2 is 2.35 bits per heavy atom. The maximum atomic E-state index is 12.3. The number of aromatic carboxylic acids is 1. The van der Waals surface area contributed by atoms with Crippen molar-refractivity contribution in [2.24, 2.45) is 0 Å². The lowest BCUT2D eigenvalue weighted by Crippen LogP contribution is -2.21. The van der Waals surface area contributed by atoms with Crippen LogP contribution < -0.4 is 5.56 Å². The molecule has 3 heterocycles. The Balaban J connectivity index is 2.07. The van der Waals surface area contributed by atoms with Crippen LogP contribution in [0.25, 0.3) is 10.2 Å². The van der Waals surface area contributed by atoms with Gasteiger partial charge in [-0.1, -0.05) is 0 Å². The topological polar surface area (TPSA) is 85.3 Å². The maximum Gasteiger partial charge on any atom is 0.372 e. The van der Waals surface area contributed by atoms with E-state index in [0.717, 1.165) is 5.56 Å². The Hall–Kier alpha value is -2.41. The Labute approximate surface area is 116 Å². The maximum absolute atomic E-state index is 12.3. The van der Waals surface area contributed by atoms with Crippen molar-refractivity contribution in [2.45, 2.75) is 13.5 Å². The molecule has 0 fully saturated rings. The van der Waals surface area contributed by atoms with Crippen LogP contribution in [-0.2, 0) is 6.54 Å². The SMILES string of the molecule is Cc1csc2c(=O)n(Cc3ccoc3C(=O)O)cnc12. The van der Waals surface area contributed by atoms with Gasteiger partial charge in [-0.05, 0) is 23.9 Å². The van der Waals surface area contributed by atoms with Gasteiger partial charge in [0.25, 0.3) is 5.56 Å². The zero-order valence-corrected chi connectivity index (χ0v) is 11.3. The van der Waals surface area contributed by atoms with Crippen LogP contribution in [0.4, 0.5) is 0 Å². The number of hydrogen-bond acceptors (Lipinski definition) is 5. The molecule has 3 aromatic heterocycles. The number of carboxylic acid groups (broad SMARTS) is 1. The van der Waals surface area contributed by atoms with E-state index in [9.17, 15) is 9.59 Å². The van der Waals surface area contributed by atoms with E-state index in [-0.39, 0.29) is 17.9 Å². The summed E-state index contributed by atoms with van der Waals surface area (Å²) in [4.78, 5) is 27.5. The van der Waals surface area contributed by atoms with Gasteiger partial charge < -0.3 is 9.52 Å². The van der Waals surface area contributed by atoms with Gasteiger partial charge in [-0.15, -0.1) is 11.3 Å². The van der Waals surface area contributed by atoms with E-state index in [1.807, 2.05) is 12.3 Å². The molecule has 0 spiro atoms. The van der Waals surface area contributed by atoms with Gasteiger partial charge in [0.2, 0.25) is 5.76 Å². The fourth-order valence-corrected chi connectivity index (χ4v) is 2.95. The lowest BCUT2D eigenvalue weighted by molar-refractivity contribution is 0.0660. The molecule has 0 bridgehead atoms. The minimum absolute atomic E-state index is 0.122. The summed E-state index contributed by atoms with van der Waals surface area (Å²) in [5.74, 6) is -1.31. The summed E-state index contributed by atoms with van der Waals surface area (Å²) in [6.45, 7) is 2.02. The van der Waals surface area contributed by atoms with Gasteiger partial charge in [-0.2, -0.15) is 0 Å². The molecule has 1 N–H and O–H groups in total. The molecule has 0 aliphatic heterocycles. The van der Waals surface area contributed by atoms with Gasteiger partial charge in [0, 0.05) is 5.56 Å². The van der Waals surface area contributed by atoms with Crippen molar-refractivity contribution in [3.63, 3.8) is 0 Å². The van der Waals surface area contributed by atoms with E-state index < -0.39 is 5.97 Å². The molecule has 102 valence electrons. The van der Waals surface area contributed by atoms with Crippen molar-refractivity contribution in [1.82, 2.24) is 9.55 Å². The van der Waals surface area contributed by atoms with Crippen molar-refractivity contribution in [3.05, 3.63) is 51.3 Å². The Morgan fingerprint density at radius 3 is 3.10 bits per heavy atom. The van der Waals surface area contributed by atoms with Crippen LogP contribution in [-0.4, -0.2) is 20.6 Å². The van der Waals surface area contributed by atoms with Crippen LogP contribution >= 0.6 is 11.3 Å². The monoisotopic (exact) mass is 290 g/mol. The molecule has 0 atom stereocenters. The van der Waals surface area contributed by atoms with Crippen molar-refractivity contribution in [2.75, 3.05) is 0 Å². The summed E-state index contributed by atoms with van der Waals surface area (Å²) in [6, 6.07) is 1.54. The number of carboxylic acids is 1. The number of aromatic nitrogens is 2. The molecule has 0 saturated carbocycles. The molecular formula is C13H10N2O4S. The highest BCUT2D eigenvalue weighted by molar-refractivity contribution is 7.17. The molecule has 0 radical (unpaired) electrons. The standard InChI is InChI=1S/C13H10N2O4S/c1-7-5-20-11-9(7)14-6-15(12(11)16)4-8-2-3-19-10(8)13(17)18/h2-3,5-6H,4H2,1H3,(H,17,18). The highest BCUT2D eigenvalue weighted by Crippen LogP contribution is 2.20. The second-order valence-corrected chi connectivity index (χ2v) is 5.23. The van der Waals surface area contributed by atoms with Crippen LogP contribution in [0.2, 0.25) is 0 Å². The number of aryl methyl sites for hydroxylation is 1. The van der Waals surface area contributed by atoms with Crippen LogP contribution in [0, 0.1) is 6.92 Å². The summed E-state index contributed by atoms with van der Waals surface area (Å²) >= 11 is 1.34. The first-order chi connectivity index (χ1) is 9.58. The first-order valence-corrected chi connectivity index (χ1v) is 6.69. The smallest absolute Gasteiger partial charge is 0.372 e. The molecule has 7 heteroatoms. The zero-order chi connectivity index (χ0) is 14.3. The van der Waals surface area contributed by atoms with Crippen molar-refractivity contribution in [3.8, 4) is 0 Å². The van der Waals surface area contributed by atoms with E-state index in [4.69, 9.17) is 9.52 Å². The molecule has 0 aliphatic rings. The van der Waals surface area contributed by atoms with Crippen molar-refractivity contribution < 1.29 is 14.3 Å². The van der Waals surface area contributed by atoms with Crippen LogP contribution in [0.3, 0.4) is 0 Å². The first kappa shape index (κ1) is 12.6. The Morgan fingerprint density at radius 1 is 1.55 bits per heavy atom. The number of nitrogens with zero attached hydrogens (tertiary/aromatic N) is 2. The van der Waals surface area contributed by atoms with Gasteiger partial charge in [0.1, 0.15) is 4.70 Å². The molecule has 6 nitrogen and oxygen atoms in total. The predicted octanol–water partition coefficient (Wildman–Crippen LogP) is 2.11. The molecule has 0 amide bonds. The first-order valence-electron chi connectivity index (χ1n) is 5.81. The lowest BCUT2D eigenvalue weighted by atomic mass is 10.2. The number of fused-ring (bicyclic) bond motifs is 1. The minimum atomic E-state index is -1.15. The lowest BCUT2D eigenvalue weighted by Gasteiger charge is -2.04. The summed E-state index contributed by atoms with van der Waals surface area (Å²) in [5, 5.41) is 10.9. The molecule has 0 aliphatic carbocycles. The number of rotatable bonds is 3. The molecule has 0 saturated heterocycles. The van der Waals surface area contributed by atoms with E-state index in [2.05, 4.69) is 4.98 Å². The van der Waals surface area contributed by atoms with E-state index in [1.165, 1.54) is 28.5 Å². The van der Waals surface area contributed by atoms with Crippen molar-refractivity contribution >= 4 is 27.5 Å². The second kappa shape index (κ2) is 4.61. The van der Waals surface area contributed by atoms with E-state index in [0.29, 0.717) is 15.8 Å². The van der Waals surface area contributed by atoms with Crippen LogP contribution in [0.1, 0.15) is 21.7 Å². The summed E-state index contributed by atoms with van der Waals surface area (Å²) in [6.07, 6.45) is 2.73. The average Bonchev–Trinajstić information content (AvgIpc) is 3.00. The summed E-state index contributed by atoms with van der Waals surface area (Å²) < 4.78 is 6.86. The number of thiophene rings is 1. The third kappa shape index (κ3) is 1.92. The second-order valence-electron chi connectivity index (χ2n) is 4.35. The number of hydrogen-bond donors (Lipinski definition) is 1. The molecule has 0 aromatic carbocycles. The molecular weight excluding hydrogens is 280 g/mol. The van der Waals surface area contributed by atoms with E-state index >= 15 is 0 Å². The van der Waals surface area contributed by atoms with Gasteiger partial charge in [0.15, 0.2) is 0 Å². The Kier molecular flexibility index (Phi) is 2.90. The highest BCUT2D eigenvalue weighted by Gasteiger charge is 2.16. The van der Waals surface area contributed by atoms with Crippen molar-refractivity contribution in [1.29, 1.82) is 0 Å². The normalized spacial score (nSPS) is 11.1. The molecule has 3 aromatic rings. The quantitative estimate of drug-likeness (QED) is 0.798. The minimum Gasteiger partial charge on any atom is -0.475 e. The van der Waals surface area contributed by atoms with E-state index in [1.54, 1.807) is 6.07 Å². The average molecular weight is 290 g/mol. The molecule has 20 heavy (non-hydrogen) atoms. The highest BCUT2D eigenvalue weighted by atomic mass is 32.1. The van der Waals surface area contributed by atoms with Gasteiger partial charge in [-0.3, -0.25) is 9.36 Å². The predicted molar refractivity (Wildman–Crippen MR) is 73.4 cm³/mol. The van der Waals surface area contributed by atoms with Crippen LogP contribution in [0.15, 0.2) is 33.2 Å². The summed E-state index contributed by atoms with van der Waals surface area (Å²) in [5.41, 5.74) is 1.92. The molecule has 3 rings (SSSR count). The molecule has 0 unspecified atom stereocenters. The summed E-state index contributed by atoms with van der Waals surface area (Å²) in [7, 11) is 0. The third-order valence-electron chi connectivity index (χ3n) is 3.01. The van der Waals surface area contributed by atoms with Gasteiger partial charge in [0.05, 0.1) is 24.7 Å². The fourth-order valence-electron chi connectivity index (χ4n) is 2.00. The van der Waals surface area contributed by atoms with Gasteiger partial charge in [-0.25, -0.2) is 9.78 Å². The Bertz CT molecular complexity index is 859. The fraction of sp³-hybridized carbons (Fsp3) is 0.154. The van der Waals surface area contributed by atoms with Crippen LogP contribution in [0.5, 0.6) is 0 Å². The largest absolute Gasteiger partial charge is 0.475 e. The third-order valence-corrected chi connectivity index (χ3v) is 4.08. The number of carbonyl (C=O) groups is 1. The number of furan rings is 1. The zero-order valence-electron chi connectivity index (χ0n) is 10.5. The van der Waals surface area contributed by atoms with Gasteiger partial charge >= 0.3 is 5.97 Å².